The summed E-state index contributed by atoms with van der Waals surface area (Å²) in [7, 11) is -2.95. The monoisotopic (exact) mass is 497 g/mol. The van der Waals surface area contributed by atoms with E-state index in [2.05, 4.69) is 21.7 Å². The van der Waals surface area contributed by atoms with Crippen LogP contribution in [0, 0.1) is 6.92 Å². The number of hydrogen-bond donors (Lipinski definition) is 2. The van der Waals surface area contributed by atoms with E-state index in [0.717, 1.165) is 23.4 Å². The molecule has 1 unspecified atom stereocenters. The number of ether oxygens (including phenoxy) is 1. The van der Waals surface area contributed by atoms with Gasteiger partial charge in [0.1, 0.15) is 15.6 Å². The lowest BCUT2D eigenvalue weighted by molar-refractivity contribution is 0.338. The highest BCUT2D eigenvalue weighted by atomic mass is 127. The third-order valence-electron chi connectivity index (χ3n) is 3.61. The number of sulfone groups is 1. The van der Waals surface area contributed by atoms with Crippen LogP contribution in [0.25, 0.3) is 0 Å². The number of nitrogens with one attached hydrogen (secondary N) is 2. The molecule has 150 valence electrons. The summed E-state index contributed by atoms with van der Waals surface area (Å²) in [5, 5.41) is 6.45. The summed E-state index contributed by atoms with van der Waals surface area (Å²) < 4.78 is 28.1. The van der Waals surface area contributed by atoms with E-state index in [1.54, 1.807) is 0 Å². The lowest BCUT2D eigenvalue weighted by Crippen LogP contribution is -2.42. The van der Waals surface area contributed by atoms with Crippen LogP contribution in [-0.4, -0.2) is 45.6 Å². The summed E-state index contributed by atoms with van der Waals surface area (Å²) in [6.07, 6.45) is 1.80. The predicted molar refractivity (Wildman–Crippen MR) is 120 cm³/mol. The first-order valence-corrected chi connectivity index (χ1v) is 10.8. The Balaban J connectivity index is 0.00000625. The summed E-state index contributed by atoms with van der Waals surface area (Å²) in [5.74, 6) is 1.75. The minimum absolute atomic E-state index is 0. The number of halogens is 1. The maximum Gasteiger partial charge on any atom is 0.191 e. The van der Waals surface area contributed by atoms with Crippen LogP contribution in [-0.2, 0) is 16.4 Å². The van der Waals surface area contributed by atoms with E-state index in [4.69, 9.17) is 4.74 Å². The lowest BCUT2D eigenvalue weighted by Gasteiger charge is -2.17. The van der Waals surface area contributed by atoms with Crippen molar-refractivity contribution in [3.63, 3.8) is 0 Å². The van der Waals surface area contributed by atoms with Crippen molar-refractivity contribution in [1.29, 1.82) is 0 Å². The molecule has 2 N–H and O–H groups in total. The van der Waals surface area contributed by atoms with Gasteiger partial charge >= 0.3 is 0 Å². The molecule has 26 heavy (non-hydrogen) atoms. The Hall–Kier alpha value is -1.03. The first kappa shape index (κ1) is 25.0. The first-order valence-electron chi connectivity index (χ1n) is 8.70. The molecule has 0 fully saturated rings. The molecule has 1 rings (SSSR count). The average Bonchev–Trinajstić information content (AvgIpc) is 2.53. The van der Waals surface area contributed by atoms with Gasteiger partial charge in [-0.2, -0.15) is 0 Å². The standard InChI is InChI=1S/C18H31N3O3S.HI/c1-6-19-18(21-15(4)10-11-25(5,22)23)20-13-16-8-9-17(24-7-2)14(3)12-16;/h8-9,12,15H,6-7,10-11,13H2,1-5H3,(H2,19,20,21);1H. The summed E-state index contributed by atoms with van der Waals surface area (Å²) in [5.41, 5.74) is 2.19. The summed E-state index contributed by atoms with van der Waals surface area (Å²) in [6, 6.07) is 6.08. The first-order chi connectivity index (χ1) is 11.7. The smallest absolute Gasteiger partial charge is 0.191 e. The number of aryl methyl sites for hydroxylation is 1. The van der Waals surface area contributed by atoms with Gasteiger partial charge in [-0.1, -0.05) is 12.1 Å². The number of rotatable bonds is 9. The second kappa shape index (κ2) is 12.4. The Morgan fingerprint density at radius 1 is 1.31 bits per heavy atom. The summed E-state index contributed by atoms with van der Waals surface area (Å²) in [6.45, 7) is 9.89. The van der Waals surface area contributed by atoms with Gasteiger partial charge in [0.15, 0.2) is 5.96 Å². The molecule has 0 amide bonds. The fraction of sp³-hybridized carbons (Fsp3) is 0.611. The van der Waals surface area contributed by atoms with E-state index < -0.39 is 9.84 Å². The second-order valence-corrected chi connectivity index (χ2v) is 8.45. The van der Waals surface area contributed by atoms with Gasteiger partial charge in [-0.15, -0.1) is 24.0 Å². The number of hydrogen-bond acceptors (Lipinski definition) is 4. The van der Waals surface area contributed by atoms with Crippen molar-refractivity contribution < 1.29 is 13.2 Å². The van der Waals surface area contributed by atoms with E-state index in [-0.39, 0.29) is 35.8 Å². The van der Waals surface area contributed by atoms with Gasteiger partial charge in [0.25, 0.3) is 0 Å². The van der Waals surface area contributed by atoms with Crippen LogP contribution >= 0.6 is 24.0 Å². The molecule has 0 aliphatic rings. The zero-order valence-corrected chi connectivity index (χ0v) is 19.5. The Kier molecular flexibility index (Phi) is 11.9. The molecule has 0 aliphatic carbocycles. The van der Waals surface area contributed by atoms with E-state index in [9.17, 15) is 8.42 Å². The molecule has 1 atom stereocenters. The molecule has 0 saturated carbocycles. The average molecular weight is 497 g/mol. The predicted octanol–water partition coefficient (Wildman–Crippen LogP) is 2.89. The lowest BCUT2D eigenvalue weighted by atomic mass is 10.1. The fourth-order valence-electron chi connectivity index (χ4n) is 2.31. The van der Waals surface area contributed by atoms with Gasteiger partial charge in [-0.3, -0.25) is 0 Å². The highest BCUT2D eigenvalue weighted by Gasteiger charge is 2.09. The largest absolute Gasteiger partial charge is 0.494 e. The van der Waals surface area contributed by atoms with Crippen LogP contribution in [0.3, 0.4) is 0 Å². The number of nitrogens with zero attached hydrogens (tertiary/aromatic N) is 1. The van der Waals surface area contributed by atoms with Gasteiger partial charge in [0, 0.05) is 18.8 Å². The molecule has 0 aliphatic heterocycles. The normalized spacial score (nSPS) is 12.9. The molecule has 6 nitrogen and oxygen atoms in total. The number of guanidine groups is 1. The quantitative estimate of drug-likeness (QED) is 0.312. The van der Waals surface area contributed by atoms with Crippen molar-refractivity contribution in [3.05, 3.63) is 29.3 Å². The van der Waals surface area contributed by atoms with Gasteiger partial charge in [0.2, 0.25) is 0 Å². The highest BCUT2D eigenvalue weighted by Crippen LogP contribution is 2.19. The molecule has 0 spiro atoms. The maximum atomic E-state index is 11.3. The van der Waals surface area contributed by atoms with Crippen molar-refractivity contribution in [2.24, 2.45) is 4.99 Å². The molecule has 0 saturated heterocycles. The molecule has 1 aromatic rings. The molecule has 8 heteroatoms. The molecule has 0 radical (unpaired) electrons. The van der Waals surface area contributed by atoms with Crippen molar-refractivity contribution in [2.75, 3.05) is 25.2 Å². The SMILES string of the molecule is CCNC(=NCc1ccc(OCC)c(C)c1)NC(C)CCS(C)(=O)=O.I. The Morgan fingerprint density at radius 3 is 2.54 bits per heavy atom. The summed E-state index contributed by atoms with van der Waals surface area (Å²) in [4.78, 5) is 4.59. The minimum atomic E-state index is -2.95. The van der Waals surface area contributed by atoms with Crippen LogP contribution in [0.1, 0.15) is 38.3 Å². The van der Waals surface area contributed by atoms with E-state index in [1.165, 1.54) is 6.26 Å². The van der Waals surface area contributed by atoms with Crippen molar-refractivity contribution in [2.45, 2.75) is 46.7 Å². The van der Waals surface area contributed by atoms with Crippen molar-refractivity contribution in [3.8, 4) is 5.75 Å². The van der Waals surface area contributed by atoms with Gasteiger partial charge in [-0.25, -0.2) is 13.4 Å². The molecule has 0 heterocycles. The van der Waals surface area contributed by atoms with E-state index in [0.29, 0.717) is 25.5 Å². The molecular formula is C18H32IN3O3S. The molecule has 1 aromatic carbocycles. The zero-order chi connectivity index (χ0) is 18.9. The topological polar surface area (TPSA) is 79.8 Å². The van der Waals surface area contributed by atoms with Gasteiger partial charge in [-0.05, 0) is 51.3 Å². The second-order valence-electron chi connectivity index (χ2n) is 6.19. The Morgan fingerprint density at radius 2 is 2.00 bits per heavy atom. The van der Waals surface area contributed by atoms with Crippen LogP contribution in [0.5, 0.6) is 5.75 Å². The van der Waals surface area contributed by atoms with Crippen LogP contribution in [0.15, 0.2) is 23.2 Å². The third kappa shape index (κ3) is 10.2. The minimum Gasteiger partial charge on any atom is -0.494 e. The molecule has 0 bridgehead atoms. The Labute approximate surface area is 175 Å². The highest BCUT2D eigenvalue weighted by molar-refractivity contribution is 14.0. The van der Waals surface area contributed by atoms with Crippen LogP contribution < -0.4 is 15.4 Å². The zero-order valence-electron chi connectivity index (χ0n) is 16.3. The van der Waals surface area contributed by atoms with Gasteiger partial charge in [0.05, 0.1) is 18.9 Å². The van der Waals surface area contributed by atoms with E-state index in [1.807, 2.05) is 39.8 Å². The molecular weight excluding hydrogens is 465 g/mol. The van der Waals surface area contributed by atoms with E-state index >= 15 is 0 Å². The van der Waals surface area contributed by atoms with Crippen molar-refractivity contribution >= 4 is 39.8 Å². The third-order valence-corrected chi connectivity index (χ3v) is 4.59. The fourth-order valence-corrected chi connectivity index (χ4v) is 3.10. The molecule has 0 aromatic heterocycles. The number of aliphatic imine (C=N–C) groups is 1. The summed E-state index contributed by atoms with van der Waals surface area (Å²) >= 11 is 0. The number of benzene rings is 1. The maximum absolute atomic E-state index is 11.3. The van der Waals surface area contributed by atoms with Crippen molar-refractivity contribution in [1.82, 2.24) is 10.6 Å². The van der Waals surface area contributed by atoms with Crippen LogP contribution in [0.4, 0.5) is 0 Å². The Bertz CT molecular complexity index is 678. The van der Waals surface area contributed by atoms with Gasteiger partial charge < -0.3 is 15.4 Å². The van der Waals surface area contributed by atoms with Crippen LogP contribution in [0.2, 0.25) is 0 Å².